The summed E-state index contributed by atoms with van der Waals surface area (Å²) in [7, 11) is -1.96. The minimum Gasteiger partial charge on any atom is -0.463 e. The van der Waals surface area contributed by atoms with Crippen LogP contribution in [-0.2, 0) is 14.0 Å². The molecule has 1 aromatic heterocycles. The van der Waals surface area contributed by atoms with Crippen LogP contribution in [0.15, 0.2) is 22.6 Å². The largest absolute Gasteiger partial charge is 0.463 e. The molecule has 0 aromatic carbocycles. The summed E-state index contributed by atoms with van der Waals surface area (Å²) in [5, 5.41) is 3.22. The lowest BCUT2D eigenvalue weighted by Gasteiger charge is -2.39. The normalized spacial score (nSPS) is 15.0. The highest BCUT2D eigenvalue weighted by molar-refractivity contribution is 7.09. The van der Waals surface area contributed by atoms with Crippen molar-refractivity contribution in [1.29, 1.82) is 0 Å². The third-order valence-corrected chi connectivity index (χ3v) is 10.3. The average Bonchev–Trinajstić information content (AvgIpc) is 2.94. The summed E-state index contributed by atoms with van der Waals surface area (Å²) >= 11 is 1.64. The zero-order valence-electron chi connectivity index (χ0n) is 18.3. The number of carbonyl (C=O) groups excluding carboxylic acids is 1. The van der Waals surface area contributed by atoms with Crippen LogP contribution in [0.3, 0.4) is 0 Å². The van der Waals surface area contributed by atoms with Crippen molar-refractivity contribution in [3.8, 4) is 0 Å². The van der Waals surface area contributed by atoms with E-state index in [-0.39, 0.29) is 17.1 Å². The number of thiazole rings is 1. The van der Waals surface area contributed by atoms with Crippen LogP contribution in [0, 0.1) is 6.92 Å². The standard InChI is InChI=1S/C21H35NO3SSi/c1-10-24-20(23)15(2)11-12-19(25-27(8,9)21(5,6)7)16(3)13-18-14-26-17(4)22-18/h11,13-14,19H,10,12H2,1-9H3/t19-/m0/s1. The van der Waals surface area contributed by atoms with Crippen molar-refractivity contribution in [3.63, 3.8) is 0 Å². The van der Waals surface area contributed by atoms with E-state index >= 15 is 0 Å². The number of aromatic nitrogens is 1. The van der Waals surface area contributed by atoms with E-state index in [4.69, 9.17) is 9.16 Å². The van der Waals surface area contributed by atoms with E-state index in [0.29, 0.717) is 18.6 Å². The Morgan fingerprint density at radius 3 is 2.44 bits per heavy atom. The van der Waals surface area contributed by atoms with Crippen LogP contribution in [0.25, 0.3) is 6.08 Å². The molecule has 0 N–H and O–H groups in total. The van der Waals surface area contributed by atoms with Gasteiger partial charge in [-0.15, -0.1) is 11.3 Å². The fourth-order valence-electron chi connectivity index (χ4n) is 2.24. The molecule has 6 heteroatoms. The summed E-state index contributed by atoms with van der Waals surface area (Å²) < 4.78 is 11.8. The Morgan fingerprint density at radius 2 is 1.96 bits per heavy atom. The lowest BCUT2D eigenvalue weighted by atomic mass is 10.1. The van der Waals surface area contributed by atoms with E-state index in [0.717, 1.165) is 16.3 Å². The molecule has 0 saturated carbocycles. The third-order valence-electron chi connectivity index (χ3n) is 5.00. The molecule has 4 nitrogen and oxygen atoms in total. The first-order valence-corrected chi connectivity index (χ1v) is 13.3. The summed E-state index contributed by atoms with van der Waals surface area (Å²) in [6.45, 7) is 19.3. The highest BCUT2D eigenvalue weighted by Gasteiger charge is 2.39. The lowest BCUT2D eigenvalue weighted by Crippen LogP contribution is -2.44. The van der Waals surface area contributed by atoms with Gasteiger partial charge in [-0.3, -0.25) is 0 Å². The number of carbonyl (C=O) groups is 1. The van der Waals surface area contributed by atoms with Gasteiger partial charge < -0.3 is 9.16 Å². The molecule has 1 aromatic rings. The van der Waals surface area contributed by atoms with Gasteiger partial charge in [0.25, 0.3) is 0 Å². The second kappa shape index (κ2) is 9.80. The second-order valence-electron chi connectivity index (χ2n) is 8.39. The van der Waals surface area contributed by atoms with Crippen molar-refractivity contribution < 1.29 is 14.0 Å². The van der Waals surface area contributed by atoms with Crippen molar-refractivity contribution in [2.45, 2.75) is 79.1 Å². The van der Waals surface area contributed by atoms with Crippen LogP contribution in [0.4, 0.5) is 0 Å². The molecule has 152 valence electrons. The van der Waals surface area contributed by atoms with Gasteiger partial charge in [-0.05, 0) is 63.9 Å². The van der Waals surface area contributed by atoms with E-state index in [2.05, 4.69) is 57.2 Å². The van der Waals surface area contributed by atoms with E-state index in [9.17, 15) is 4.79 Å². The Balaban J connectivity index is 3.10. The number of esters is 1. The maximum absolute atomic E-state index is 11.9. The van der Waals surface area contributed by atoms with E-state index < -0.39 is 8.32 Å². The van der Waals surface area contributed by atoms with Gasteiger partial charge in [-0.25, -0.2) is 9.78 Å². The summed E-state index contributed by atoms with van der Waals surface area (Å²) in [6.07, 6.45) is 4.58. The first kappa shape index (κ1) is 23.8. The molecule has 1 heterocycles. The van der Waals surface area contributed by atoms with Crippen molar-refractivity contribution >= 4 is 31.7 Å². The topological polar surface area (TPSA) is 48.4 Å². The predicted molar refractivity (Wildman–Crippen MR) is 118 cm³/mol. The highest BCUT2D eigenvalue weighted by atomic mass is 32.1. The molecule has 0 amide bonds. The molecule has 0 radical (unpaired) electrons. The zero-order chi connectivity index (χ0) is 20.8. The molecule has 0 bridgehead atoms. The number of ether oxygens (including phenoxy) is 1. The Kier molecular flexibility index (Phi) is 8.64. The third kappa shape index (κ3) is 7.35. The van der Waals surface area contributed by atoms with E-state index in [1.54, 1.807) is 18.3 Å². The maximum atomic E-state index is 11.9. The van der Waals surface area contributed by atoms with Crippen LogP contribution >= 0.6 is 11.3 Å². The Hall–Kier alpha value is -1.24. The Bertz CT molecular complexity index is 699. The zero-order valence-corrected chi connectivity index (χ0v) is 20.1. The van der Waals surface area contributed by atoms with Gasteiger partial charge >= 0.3 is 5.97 Å². The molecular weight excluding hydrogens is 374 g/mol. The molecule has 1 atom stereocenters. The highest BCUT2D eigenvalue weighted by Crippen LogP contribution is 2.38. The number of hydrogen-bond donors (Lipinski definition) is 0. The Labute approximate surface area is 169 Å². The smallest absolute Gasteiger partial charge is 0.333 e. The molecular formula is C21H35NO3SSi. The average molecular weight is 410 g/mol. The molecule has 0 spiro atoms. The molecule has 0 saturated heterocycles. The van der Waals surface area contributed by atoms with Gasteiger partial charge in [0.1, 0.15) is 0 Å². The minimum absolute atomic E-state index is 0.0859. The molecule has 0 aliphatic rings. The summed E-state index contributed by atoms with van der Waals surface area (Å²) in [5.41, 5.74) is 2.71. The van der Waals surface area contributed by atoms with Gasteiger partial charge in [0.15, 0.2) is 8.32 Å². The van der Waals surface area contributed by atoms with Gasteiger partial charge in [-0.1, -0.05) is 26.8 Å². The second-order valence-corrected chi connectivity index (χ2v) is 14.2. The molecule has 0 fully saturated rings. The Morgan fingerprint density at radius 1 is 1.33 bits per heavy atom. The van der Waals surface area contributed by atoms with Crippen molar-refractivity contribution in [1.82, 2.24) is 4.98 Å². The number of hydrogen-bond acceptors (Lipinski definition) is 5. The van der Waals surface area contributed by atoms with E-state index in [1.165, 1.54) is 0 Å². The predicted octanol–water partition coefficient (Wildman–Crippen LogP) is 6.14. The van der Waals surface area contributed by atoms with Crippen molar-refractivity contribution in [3.05, 3.63) is 33.3 Å². The van der Waals surface area contributed by atoms with Crippen molar-refractivity contribution in [2.75, 3.05) is 6.61 Å². The number of nitrogens with zero attached hydrogens (tertiary/aromatic N) is 1. The van der Waals surface area contributed by atoms with Gasteiger partial charge in [-0.2, -0.15) is 0 Å². The molecule has 27 heavy (non-hydrogen) atoms. The van der Waals surface area contributed by atoms with Gasteiger partial charge in [0.2, 0.25) is 0 Å². The first-order chi connectivity index (χ1) is 12.4. The molecule has 0 unspecified atom stereocenters. The maximum Gasteiger partial charge on any atom is 0.333 e. The van der Waals surface area contributed by atoms with Gasteiger partial charge in [0.05, 0.1) is 23.4 Å². The summed E-state index contributed by atoms with van der Waals surface area (Å²) in [5.74, 6) is -0.264. The van der Waals surface area contributed by atoms with Crippen LogP contribution < -0.4 is 0 Å². The molecule has 0 aliphatic carbocycles. The minimum atomic E-state index is -1.96. The van der Waals surface area contributed by atoms with Crippen LogP contribution in [0.5, 0.6) is 0 Å². The van der Waals surface area contributed by atoms with E-state index in [1.807, 2.05) is 19.9 Å². The van der Waals surface area contributed by atoms with Crippen LogP contribution in [0.2, 0.25) is 18.1 Å². The number of rotatable bonds is 8. The fraction of sp³-hybridized carbons (Fsp3) is 0.619. The van der Waals surface area contributed by atoms with Crippen LogP contribution in [-0.4, -0.2) is 32.0 Å². The van der Waals surface area contributed by atoms with Crippen LogP contribution in [0.1, 0.15) is 58.7 Å². The quantitative estimate of drug-likeness (QED) is 0.294. The monoisotopic (exact) mass is 409 g/mol. The molecule has 1 rings (SSSR count). The SMILES string of the molecule is CCOC(=O)C(C)=CC[C@H](O[Si](C)(C)C(C)(C)C)C(C)=Cc1csc(C)n1. The lowest BCUT2D eigenvalue weighted by molar-refractivity contribution is -0.138. The fourth-order valence-corrected chi connectivity index (χ4v) is 4.16. The van der Waals surface area contributed by atoms with Gasteiger partial charge in [0, 0.05) is 11.0 Å². The summed E-state index contributed by atoms with van der Waals surface area (Å²) in [4.78, 5) is 16.5. The van der Waals surface area contributed by atoms with Crippen molar-refractivity contribution in [2.24, 2.45) is 0 Å². The summed E-state index contributed by atoms with van der Waals surface area (Å²) in [6, 6.07) is 0. The number of aryl methyl sites for hydroxylation is 1. The first-order valence-electron chi connectivity index (χ1n) is 9.49. The molecule has 0 aliphatic heterocycles.